The fourth-order valence-electron chi connectivity index (χ4n) is 4.06. The van der Waals surface area contributed by atoms with Crippen LogP contribution in [0, 0.1) is 6.92 Å². The first kappa shape index (κ1) is 24.9. The zero-order valence-corrected chi connectivity index (χ0v) is 21.7. The lowest BCUT2D eigenvalue weighted by Gasteiger charge is -2.28. The van der Waals surface area contributed by atoms with E-state index in [9.17, 15) is 4.79 Å². The fourth-order valence-corrected chi connectivity index (χ4v) is 4.06. The summed E-state index contributed by atoms with van der Waals surface area (Å²) < 4.78 is 5.78. The molecule has 1 aliphatic heterocycles. The molecule has 1 unspecified atom stereocenters. The van der Waals surface area contributed by atoms with Gasteiger partial charge in [-0.1, -0.05) is 36.4 Å². The Balaban J connectivity index is 0.00000306. The van der Waals surface area contributed by atoms with E-state index < -0.39 is 0 Å². The number of H-pyrrole nitrogens is 1. The van der Waals surface area contributed by atoms with Crippen molar-refractivity contribution in [2.45, 2.75) is 25.8 Å². The van der Waals surface area contributed by atoms with E-state index in [1.54, 1.807) is 19.0 Å². The number of halogens is 1. The van der Waals surface area contributed by atoms with Crippen LogP contribution in [-0.2, 0) is 11.2 Å². The van der Waals surface area contributed by atoms with Crippen LogP contribution in [0.3, 0.4) is 0 Å². The minimum Gasteiger partial charge on any atom is -0.493 e. The summed E-state index contributed by atoms with van der Waals surface area (Å²) in [5.41, 5.74) is 4.75. The van der Waals surface area contributed by atoms with Crippen LogP contribution in [0.25, 0.3) is 10.9 Å². The lowest BCUT2D eigenvalue weighted by Crippen LogP contribution is -2.42. The molecule has 0 fully saturated rings. The van der Waals surface area contributed by atoms with Crippen molar-refractivity contribution in [1.82, 2.24) is 20.5 Å². The van der Waals surface area contributed by atoms with Gasteiger partial charge in [-0.2, -0.15) is 0 Å². The average Bonchev–Trinajstić information content (AvgIpc) is 3.12. The van der Waals surface area contributed by atoms with E-state index in [1.807, 2.05) is 24.3 Å². The summed E-state index contributed by atoms with van der Waals surface area (Å²) in [5.74, 6) is 1.50. The largest absolute Gasteiger partial charge is 0.493 e. The van der Waals surface area contributed by atoms with Crippen molar-refractivity contribution in [3.63, 3.8) is 0 Å². The van der Waals surface area contributed by atoms with Crippen LogP contribution in [0.1, 0.15) is 29.3 Å². The smallest absolute Gasteiger partial charge is 0.243 e. The third-order valence-corrected chi connectivity index (χ3v) is 5.84. The Labute approximate surface area is 212 Å². The minimum atomic E-state index is -0.0362. The number of ether oxygens (including phenoxy) is 1. The monoisotopic (exact) mass is 561 g/mol. The second-order valence-corrected chi connectivity index (χ2v) is 8.28. The van der Waals surface area contributed by atoms with Gasteiger partial charge in [0, 0.05) is 49.2 Å². The van der Waals surface area contributed by atoms with Gasteiger partial charge in [-0.15, -0.1) is 24.0 Å². The highest BCUT2D eigenvalue weighted by Gasteiger charge is 2.22. The van der Waals surface area contributed by atoms with Crippen molar-refractivity contribution in [2.24, 2.45) is 4.99 Å². The van der Waals surface area contributed by atoms with Gasteiger partial charge in [-0.25, -0.2) is 4.99 Å². The molecule has 1 atom stereocenters. The minimum absolute atomic E-state index is 0. The van der Waals surface area contributed by atoms with Crippen molar-refractivity contribution in [3.8, 4) is 5.75 Å². The van der Waals surface area contributed by atoms with Crippen molar-refractivity contribution >= 4 is 46.7 Å². The number of para-hydroxylation sites is 2. The number of carbonyl (C=O) groups excluding carboxylic acids is 1. The van der Waals surface area contributed by atoms with Crippen LogP contribution >= 0.6 is 24.0 Å². The van der Waals surface area contributed by atoms with Crippen LogP contribution < -0.4 is 15.4 Å². The topological polar surface area (TPSA) is 81.8 Å². The van der Waals surface area contributed by atoms with E-state index in [-0.39, 0.29) is 42.5 Å². The molecule has 0 radical (unpaired) electrons. The molecule has 2 heterocycles. The molecule has 0 saturated carbocycles. The number of aryl methyl sites for hydroxylation is 1. The molecular weight excluding hydrogens is 529 g/mol. The van der Waals surface area contributed by atoms with E-state index in [0.29, 0.717) is 19.1 Å². The lowest BCUT2D eigenvalue weighted by atomic mass is 10.0. The summed E-state index contributed by atoms with van der Waals surface area (Å²) >= 11 is 0. The summed E-state index contributed by atoms with van der Waals surface area (Å²) in [5, 5.41) is 8.20. The zero-order valence-electron chi connectivity index (χ0n) is 19.4. The zero-order chi connectivity index (χ0) is 22.5. The van der Waals surface area contributed by atoms with Crippen molar-refractivity contribution in [3.05, 3.63) is 65.4 Å². The second kappa shape index (κ2) is 11.4. The predicted octanol–water partition coefficient (Wildman–Crippen LogP) is 3.78. The molecule has 3 N–H and O–H groups in total. The first-order valence-electron chi connectivity index (χ1n) is 11.1. The standard InChI is InChI=1S/C25H31N5O2.HI/c1-17-18(19-8-4-6-10-21(19)28-17)12-14-26-25(27-16-24(31)30(2)3)29-22-13-15-32-23-11-7-5-9-20(22)23;/h4-11,22,28H,12-16H2,1-3H3,(H2,26,27,29);1H. The third kappa shape index (κ3) is 5.98. The number of hydrogen-bond donors (Lipinski definition) is 3. The van der Waals surface area contributed by atoms with Gasteiger partial charge < -0.3 is 25.3 Å². The molecule has 8 heteroatoms. The maximum absolute atomic E-state index is 12.1. The first-order chi connectivity index (χ1) is 15.5. The van der Waals surface area contributed by atoms with E-state index in [1.165, 1.54) is 16.6 Å². The molecule has 1 amide bonds. The van der Waals surface area contributed by atoms with Gasteiger partial charge in [-0.3, -0.25) is 4.79 Å². The van der Waals surface area contributed by atoms with Gasteiger partial charge in [0.2, 0.25) is 5.91 Å². The molecule has 176 valence electrons. The quantitative estimate of drug-likeness (QED) is 0.243. The van der Waals surface area contributed by atoms with Crippen LogP contribution in [0.4, 0.5) is 0 Å². The van der Waals surface area contributed by atoms with Crippen molar-refractivity contribution in [1.29, 1.82) is 0 Å². The Kier molecular flexibility index (Phi) is 8.60. The summed E-state index contributed by atoms with van der Waals surface area (Å²) in [7, 11) is 3.49. The Morgan fingerprint density at radius 2 is 1.94 bits per heavy atom. The summed E-state index contributed by atoms with van der Waals surface area (Å²) in [4.78, 5) is 21.7. The van der Waals surface area contributed by atoms with E-state index in [4.69, 9.17) is 4.74 Å². The fraction of sp³-hybridized carbons (Fsp3) is 0.360. The molecule has 1 aliphatic rings. The highest BCUT2D eigenvalue weighted by atomic mass is 127. The Morgan fingerprint density at radius 1 is 1.18 bits per heavy atom. The van der Waals surface area contributed by atoms with Crippen LogP contribution in [0.15, 0.2) is 53.5 Å². The summed E-state index contributed by atoms with van der Waals surface area (Å²) in [6, 6.07) is 16.5. The third-order valence-electron chi connectivity index (χ3n) is 5.84. The van der Waals surface area contributed by atoms with E-state index in [2.05, 4.69) is 51.8 Å². The van der Waals surface area contributed by atoms with Crippen LogP contribution in [-0.4, -0.2) is 55.5 Å². The van der Waals surface area contributed by atoms with Gasteiger partial charge >= 0.3 is 0 Å². The molecule has 0 spiro atoms. The second-order valence-electron chi connectivity index (χ2n) is 8.28. The molecule has 7 nitrogen and oxygen atoms in total. The number of aromatic nitrogens is 1. The van der Waals surface area contributed by atoms with Crippen molar-refractivity contribution < 1.29 is 9.53 Å². The Bertz CT molecular complexity index is 1120. The molecule has 0 saturated heterocycles. The first-order valence-corrected chi connectivity index (χ1v) is 11.1. The average molecular weight is 561 g/mol. The summed E-state index contributed by atoms with van der Waals surface area (Å²) in [6.07, 6.45) is 1.68. The Hall–Kier alpha value is -2.75. The highest BCUT2D eigenvalue weighted by Crippen LogP contribution is 2.31. The number of rotatable bonds is 6. The maximum Gasteiger partial charge on any atom is 0.243 e. The number of amides is 1. The van der Waals surface area contributed by atoms with Gasteiger partial charge in [0.05, 0.1) is 12.6 Å². The number of carbonyl (C=O) groups is 1. The normalized spacial score (nSPS) is 15.2. The SMILES string of the molecule is Cc1[nH]c2ccccc2c1CCNC(=NCC(=O)N(C)C)NC1CCOc2ccccc21.I. The van der Waals surface area contributed by atoms with Crippen molar-refractivity contribution in [2.75, 3.05) is 33.8 Å². The van der Waals surface area contributed by atoms with Gasteiger partial charge in [-0.05, 0) is 31.0 Å². The molecular formula is C25H32IN5O2. The van der Waals surface area contributed by atoms with Gasteiger partial charge in [0.15, 0.2) is 5.96 Å². The molecule has 0 bridgehead atoms. The number of fused-ring (bicyclic) bond motifs is 2. The molecule has 0 aliphatic carbocycles. The van der Waals surface area contributed by atoms with Gasteiger partial charge in [0.1, 0.15) is 12.3 Å². The lowest BCUT2D eigenvalue weighted by molar-refractivity contribution is -0.127. The number of aliphatic imine (C=N–C) groups is 1. The number of nitrogens with one attached hydrogen (secondary N) is 3. The molecule has 3 aromatic rings. The molecule has 33 heavy (non-hydrogen) atoms. The van der Waals surface area contributed by atoms with E-state index >= 15 is 0 Å². The van der Waals surface area contributed by atoms with E-state index in [0.717, 1.165) is 29.7 Å². The molecule has 2 aromatic carbocycles. The summed E-state index contributed by atoms with van der Waals surface area (Å²) in [6.45, 7) is 3.55. The number of hydrogen-bond acceptors (Lipinski definition) is 3. The number of guanidine groups is 1. The predicted molar refractivity (Wildman–Crippen MR) is 144 cm³/mol. The number of likely N-dealkylation sites (N-methyl/N-ethyl adjacent to an activating group) is 1. The maximum atomic E-state index is 12.1. The van der Waals surface area contributed by atoms with Crippen LogP contribution in [0.5, 0.6) is 5.75 Å². The van der Waals surface area contributed by atoms with Crippen LogP contribution in [0.2, 0.25) is 0 Å². The number of aromatic amines is 1. The Morgan fingerprint density at radius 3 is 2.76 bits per heavy atom. The number of nitrogens with zero attached hydrogens (tertiary/aromatic N) is 2. The molecule has 1 aromatic heterocycles. The highest BCUT2D eigenvalue weighted by molar-refractivity contribution is 14.0. The van der Waals surface area contributed by atoms with Gasteiger partial charge in [0.25, 0.3) is 0 Å². The molecule has 4 rings (SSSR count). The number of benzene rings is 2.